The maximum absolute atomic E-state index is 15.1. The van der Waals surface area contributed by atoms with E-state index in [1.165, 1.54) is 18.5 Å². The molecular weight excluding hydrogens is 388 g/mol. The maximum atomic E-state index is 15.1. The molecule has 2 saturated heterocycles. The summed E-state index contributed by atoms with van der Waals surface area (Å²) >= 11 is 0. The third-order valence-corrected chi connectivity index (χ3v) is 5.44. The second-order valence-electron chi connectivity index (χ2n) is 7.35. The summed E-state index contributed by atoms with van der Waals surface area (Å²) in [6.07, 6.45) is 0.399. The van der Waals surface area contributed by atoms with Gasteiger partial charge >= 0.3 is 6.18 Å². The molecule has 0 amide bonds. The molecule has 2 atom stereocenters. The number of ether oxygens (including phenoxy) is 1. The first-order valence-electron chi connectivity index (χ1n) is 9.73. The fourth-order valence-corrected chi connectivity index (χ4v) is 3.96. The highest BCUT2D eigenvalue weighted by Crippen LogP contribution is 2.38. The van der Waals surface area contributed by atoms with Gasteiger partial charge in [0.1, 0.15) is 6.33 Å². The molecule has 0 aliphatic carbocycles. The van der Waals surface area contributed by atoms with E-state index in [-0.39, 0.29) is 23.8 Å². The predicted molar refractivity (Wildman–Crippen MR) is 100 cm³/mol. The van der Waals surface area contributed by atoms with Crippen molar-refractivity contribution < 1.29 is 22.3 Å². The first-order valence-corrected chi connectivity index (χ1v) is 9.73. The number of nitrogens with one attached hydrogen (secondary N) is 1. The van der Waals surface area contributed by atoms with E-state index in [0.717, 1.165) is 31.4 Å². The topological polar surface area (TPSA) is 50.3 Å². The van der Waals surface area contributed by atoms with Crippen molar-refractivity contribution in [3.8, 4) is 0 Å². The Hall–Kier alpha value is -2.42. The number of rotatable bonds is 5. The van der Waals surface area contributed by atoms with Crippen LogP contribution in [0.1, 0.15) is 42.9 Å². The monoisotopic (exact) mass is 410 g/mol. The van der Waals surface area contributed by atoms with E-state index in [1.807, 2.05) is 0 Å². The number of hydrogen-bond donors (Lipinski definition) is 1. The first-order chi connectivity index (χ1) is 13.9. The van der Waals surface area contributed by atoms with Crippen molar-refractivity contribution in [1.29, 1.82) is 0 Å². The molecule has 2 fully saturated rings. The smallest absolute Gasteiger partial charge is 0.376 e. The third kappa shape index (κ3) is 4.29. The lowest BCUT2D eigenvalue weighted by atomic mass is 10.0. The van der Waals surface area contributed by atoms with Gasteiger partial charge in [-0.3, -0.25) is 0 Å². The molecule has 0 radical (unpaired) electrons. The molecular formula is C20H22F4N4O. The summed E-state index contributed by atoms with van der Waals surface area (Å²) in [7, 11) is 0. The van der Waals surface area contributed by atoms with Gasteiger partial charge in [-0.1, -0.05) is 12.1 Å². The van der Waals surface area contributed by atoms with E-state index in [2.05, 4.69) is 15.3 Å². The molecule has 0 saturated carbocycles. The van der Waals surface area contributed by atoms with Crippen molar-refractivity contribution in [2.45, 2.75) is 44.0 Å². The summed E-state index contributed by atoms with van der Waals surface area (Å²) in [5, 5.41) is 2.99. The van der Waals surface area contributed by atoms with Crippen LogP contribution >= 0.6 is 0 Å². The van der Waals surface area contributed by atoms with Crippen molar-refractivity contribution in [3.05, 3.63) is 47.5 Å². The van der Waals surface area contributed by atoms with Crippen molar-refractivity contribution in [2.24, 2.45) is 0 Å². The van der Waals surface area contributed by atoms with Gasteiger partial charge in [-0.05, 0) is 43.4 Å². The molecule has 0 bridgehead atoms. The van der Waals surface area contributed by atoms with Crippen LogP contribution in [0.3, 0.4) is 0 Å². The zero-order valence-corrected chi connectivity index (χ0v) is 15.8. The van der Waals surface area contributed by atoms with Gasteiger partial charge in [-0.25, -0.2) is 9.97 Å². The van der Waals surface area contributed by atoms with Gasteiger partial charge in [-0.15, -0.1) is 0 Å². The van der Waals surface area contributed by atoms with Crippen LogP contribution < -0.4 is 10.2 Å². The van der Waals surface area contributed by atoms with Gasteiger partial charge in [0.15, 0.2) is 11.6 Å². The summed E-state index contributed by atoms with van der Waals surface area (Å²) in [5.74, 6) is -0.273. The second-order valence-corrected chi connectivity index (χ2v) is 7.35. The number of anilines is 2. The van der Waals surface area contributed by atoms with Crippen molar-refractivity contribution in [1.82, 2.24) is 9.97 Å². The average molecular weight is 410 g/mol. The number of aromatic nitrogens is 2. The number of alkyl halides is 3. The van der Waals surface area contributed by atoms with Crippen LogP contribution in [-0.4, -0.2) is 35.8 Å². The van der Waals surface area contributed by atoms with Gasteiger partial charge in [0, 0.05) is 19.7 Å². The van der Waals surface area contributed by atoms with Crippen molar-refractivity contribution in [2.75, 3.05) is 29.9 Å². The van der Waals surface area contributed by atoms with E-state index in [4.69, 9.17) is 4.74 Å². The van der Waals surface area contributed by atoms with Crippen LogP contribution in [0, 0.1) is 5.82 Å². The molecule has 2 aliphatic rings. The largest absolute Gasteiger partial charge is 0.416 e. The number of hydrogen-bond acceptors (Lipinski definition) is 5. The maximum Gasteiger partial charge on any atom is 0.416 e. The standard InChI is InChI=1S/C20H22F4N4O/c21-17-18(25-11-15-3-2-10-29-15)26-12-27-19(17)28-9-1-4-16(28)13-5-7-14(8-6-13)20(22,23)24/h5-8,12,15-16H,1-4,9-11H2,(H,25,26,27). The van der Waals surface area contributed by atoms with Crippen LogP contribution in [0.25, 0.3) is 0 Å². The lowest BCUT2D eigenvalue weighted by Crippen LogP contribution is -2.26. The Morgan fingerprint density at radius 1 is 1.10 bits per heavy atom. The normalized spacial score (nSPS) is 22.3. The highest BCUT2D eigenvalue weighted by Gasteiger charge is 2.33. The van der Waals surface area contributed by atoms with Crippen molar-refractivity contribution in [3.63, 3.8) is 0 Å². The van der Waals surface area contributed by atoms with E-state index in [0.29, 0.717) is 31.7 Å². The van der Waals surface area contributed by atoms with Crippen LogP contribution in [0.4, 0.5) is 29.2 Å². The Balaban J connectivity index is 1.53. The zero-order valence-electron chi connectivity index (χ0n) is 15.8. The van der Waals surface area contributed by atoms with Gasteiger partial charge < -0.3 is 15.0 Å². The van der Waals surface area contributed by atoms with Gasteiger partial charge in [0.05, 0.1) is 17.7 Å². The summed E-state index contributed by atoms with van der Waals surface area (Å²) in [6, 6.07) is 4.82. The minimum absolute atomic E-state index is 0.0412. The third-order valence-electron chi connectivity index (χ3n) is 5.44. The molecule has 2 unspecified atom stereocenters. The molecule has 0 spiro atoms. The van der Waals surface area contributed by atoms with E-state index in [1.54, 1.807) is 4.90 Å². The molecule has 29 heavy (non-hydrogen) atoms. The van der Waals surface area contributed by atoms with Crippen LogP contribution in [0.2, 0.25) is 0 Å². The average Bonchev–Trinajstić information content (AvgIpc) is 3.39. The van der Waals surface area contributed by atoms with Crippen LogP contribution in [-0.2, 0) is 10.9 Å². The van der Waals surface area contributed by atoms with Crippen LogP contribution in [0.5, 0.6) is 0 Å². The quantitative estimate of drug-likeness (QED) is 0.732. The summed E-state index contributed by atoms with van der Waals surface area (Å²) in [6.45, 7) is 1.76. The minimum Gasteiger partial charge on any atom is -0.376 e. The Morgan fingerprint density at radius 3 is 2.59 bits per heavy atom. The predicted octanol–water partition coefficient (Wildman–Crippen LogP) is 4.57. The molecule has 2 aliphatic heterocycles. The van der Waals surface area contributed by atoms with Gasteiger partial charge in [-0.2, -0.15) is 17.6 Å². The fourth-order valence-electron chi connectivity index (χ4n) is 3.96. The Morgan fingerprint density at radius 2 is 1.90 bits per heavy atom. The Kier molecular flexibility index (Phi) is 5.58. The van der Waals surface area contributed by atoms with E-state index in [9.17, 15) is 13.2 Å². The SMILES string of the molecule is Fc1c(NCC2CCCO2)ncnc1N1CCCC1c1ccc(C(F)(F)F)cc1. The first kappa shape index (κ1) is 19.9. The summed E-state index contributed by atoms with van der Waals surface area (Å²) in [4.78, 5) is 9.93. The molecule has 1 aromatic carbocycles. The highest BCUT2D eigenvalue weighted by atomic mass is 19.4. The number of benzene rings is 1. The van der Waals surface area contributed by atoms with Gasteiger partial charge in [0.25, 0.3) is 0 Å². The van der Waals surface area contributed by atoms with Crippen LogP contribution in [0.15, 0.2) is 30.6 Å². The molecule has 2 aromatic rings. The molecule has 156 valence electrons. The van der Waals surface area contributed by atoms with E-state index < -0.39 is 17.6 Å². The molecule has 5 nitrogen and oxygen atoms in total. The van der Waals surface area contributed by atoms with E-state index >= 15 is 4.39 Å². The molecule has 9 heteroatoms. The summed E-state index contributed by atoms with van der Waals surface area (Å²) in [5.41, 5.74) is 0.0157. The van der Waals surface area contributed by atoms with Gasteiger partial charge in [0.2, 0.25) is 5.82 Å². The summed E-state index contributed by atoms with van der Waals surface area (Å²) < 4.78 is 59.1. The minimum atomic E-state index is -4.38. The van der Waals surface area contributed by atoms with Crippen molar-refractivity contribution >= 4 is 11.6 Å². The lowest BCUT2D eigenvalue weighted by Gasteiger charge is -2.27. The number of halogens is 4. The highest BCUT2D eigenvalue weighted by molar-refractivity contribution is 5.53. The molecule has 4 rings (SSSR count). The molecule has 3 heterocycles. The molecule has 1 aromatic heterocycles. The second kappa shape index (κ2) is 8.14. The fraction of sp³-hybridized carbons (Fsp3) is 0.500. The Bertz CT molecular complexity index is 837. The zero-order chi connectivity index (χ0) is 20.4. The Labute approximate surface area is 166 Å². The number of nitrogens with zero attached hydrogens (tertiary/aromatic N) is 3. The molecule has 1 N–H and O–H groups in total. The lowest BCUT2D eigenvalue weighted by molar-refractivity contribution is -0.137.